The van der Waals surface area contributed by atoms with E-state index in [9.17, 15) is 0 Å². The molecule has 0 heterocycles. The second kappa shape index (κ2) is 6.99. The van der Waals surface area contributed by atoms with E-state index in [1.54, 1.807) is 0 Å². The van der Waals surface area contributed by atoms with Gasteiger partial charge in [-0.1, -0.05) is 13.8 Å². The summed E-state index contributed by atoms with van der Waals surface area (Å²) in [6, 6.07) is 0. The van der Waals surface area contributed by atoms with Gasteiger partial charge in [-0.3, -0.25) is 0 Å². The van der Waals surface area contributed by atoms with Crippen molar-refractivity contribution >= 4 is 12.6 Å². The Morgan fingerprint density at radius 3 is 2.36 bits per heavy atom. The lowest BCUT2D eigenvalue weighted by atomic mass is 10.1. The zero-order chi connectivity index (χ0) is 8.69. The molecule has 68 valence electrons. The maximum absolute atomic E-state index is 5.54. The monoisotopic (exact) mass is 176 g/mol. The molecule has 11 heavy (non-hydrogen) atoms. The first-order chi connectivity index (χ1) is 5.16. The lowest BCUT2D eigenvalue weighted by molar-refractivity contribution is 0.0530. The molecule has 0 radical (unpaired) electrons. The van der Waals surface area contributed by atoms with Gasteiger partial charge in [-0.15, -0.1) is 0 Å². The van der Waals surface area contributed by atoms with Crippen LogP contribution in [0.25, 0.3) is 0 Å². The third-order valence-electron chi connectivity index (χ3n) is 1.51. The highest BCUT2D eigenvalue weighted by Crippen LogP contribution is 2.07. The van der Waals surface area contributed by atoms with E-state index >= 15 is 0 Å². The third-order valence-corrected chi connectivity index (χ3v) is 1.82. The smallest absolute Gasteiger partial charge is 0.0549 e. The molecule has 1 nitrogen and oxygen atoms in total. The Bertz CT molecular complexity index is 83.6. The first-order valence-corrected chi connectivity index (χ1v) is 5.02. The standard InChI is InChI=1S/C9H20OS/c1-8(2)7-9(3)10-5-4-6-11/h8-9,11H,4-7H2,1-3H3. The van der Waals surface area contributed by atoms with Crippen LogP contribution < -0.4 is 0 Å². The maximum Gasteiger partial charge on any atom is 0.0549 e. The molecule has 0 saturated carbocycles. The molecule has 0 aliphatic rings. The molecule has 0 aliphatic carbocycles. The highest BCUT2D eigenvalue weighted by molar-refractivity contribution is 7.80. The van der Waals surface area contributed by atoms with E-state index in [0.717, 1.165) is 31.1 Å². The highest BCUT2D eigenvalue weighted by atomic mass is 32.1. The van der Waals surface area contributed by atoms with Gasteiger partial charge in [0, 0.05) is 6.61 Å². The number of thiol groups is 1. The minimum absolute atomic E-state index is 0.412. The fourth-order valence-electron chi connectivity index (χ4n) is 1.08. The minimum atomic E-state index is 0.412. The molecule has 0 rings (SSSR count). The molecular weight excluding hydrogens is 156 g/mol. The predicted molar refractivity (Wildman–Crippen MR) is 53.3 cm³/mol. The zero-order valence-corrected chi connectivity index (χ0v) is 8.73. The molecule has 1 unspecified atom stereocenters. The van der Waals surface area contributed by atoms with Gasteiger partial charge in [-0.2, -0.15) is 12.6 Å². The Labute approximate surface area is 75.9 Å². The van der Waals surface area contributed by atoms with Gasteiger partial charge in [-0.05, 0) is 31.4 Å². The van der Waals surface area contributed by atoms with Crippen molar-refractivity contribution in [3.05, 3.63) is 0 Å². The lowest BCUT2D eigenvalue weighted by Crippen LogP contribution is -2.12. The van der Waals surface area contributed by atoms with Gasteiger partial charge in [0.25, 0.3) is 0 Å². The molecule has 0 saturated heterocycles. The average Bonchev–Trinajstić information content (AvgIpc) is 1.86. The van der Waals surface area contributed by atoms with Gasteiger partial charge >= 0.3 is 0 Å². The minimum Gasteiger partial charge on any atom is -0.378 e. The van der Waals surface area contributed by atoms with Crippen LogP contribution >= 0.6 is 12.6 Å². The summed E-state index contributed by atoms with van der Waals surface area (Å²) in [6.07, 6.45) is 2.63. The van der Waals surface area contributed by atoms with E-state index in [-0.39, 0.29) is 0 Å². The molecule has 0 aromatic carbocycles. The van der Waals surface area contributed by atoms with Crippen LogP contribution in [0.15, 0.2) is 0 Å². The van der Waals surface area contributed by atoms with Gasteiger partial charge < -0.3 is 4.74 Å². The van der Waals surface area contributed by atoms with Crippen molar-refractivity contribution in [2.24, 2.45) is 5.92 Å². The topological polar surface area (TPSA) is 9.23 Å². The number of ether oxygens (including phenoxy) is 1. The van der Waals surface area contributed by atoms with E-state index in [2.05, 4.69) is 33.4 Å². The second-order valence-corrected chi connectivity index (χ2v) is 3.84. The van der Waals surface area contributed by atoms with Crippen LogP contribution in [0.3, 0.4) is 0 Å². The molecule has 0 aromatic heterocycles. The zero-order valence-electron chi connectivity index (χ0n) is 7.84. The molecule has 0 aromatic rings. The van der Waals surface area contributed by atoms with Crippen molar-refractivity contribution in [1.29, 1.82) is 0 Å². The summed E-state index contributed by atoms with van der Waals surface area (Å²) in [5.41, 5.74) is 0. The van der Waals surface area contributed by atoms with Crippen LogP contribution in [0.5, 0.6) is 0 Å². The van der Waals surface area contributed by atoms with Crippen LogP contribution in [0.1, 0.15) is 33.6 Å². The molecular formula is C9H20OS. The van der Waals surface area contributed by atoms with Crippen molar-refractivity contribution < 1.29 is 4.74 Å². The predicted octanol–water partition coefficient (Wildman–Crippen LogP) is 2.76. The van der Waals surface area contributed by atoms with Crippen molar-refractivity contribution in [1.82, 2.24) is 0 Å². The highest BCUT2D eigenvalue weighted by Gasteiger charge is 2.03. The van der Waals surface area contributed by atoms with E-state index in [4.69, 9.17) is 4.74 Å². The number of rotatable bonds is 6. The molecule has 0 fully saturated rings. The fraction of sp³-hybridized carbons (Fsp3) is 1.00. The van der Waals surface area contributed by atoms with Crippen LogP contribution in [-0.4, -0.2) is 18.5 Å². The van der Waals surface area contributed by atoms with Gasteiger partial charge in [0.15, 0.2) is 0 Å². The van der Waals surface area contributed by atoms with Gasteiger partial charge in [0.05, 0.1) is 6.10 Å². The van der Waals surface area contributed by atoms with E-state index in [1.165, 1.54) is 0 Å². The fourth-order valence-corrected chi connectivity index (χ4v) is 1.21. The Morgan fingerprint density at radius 2 is 1.91 bits per heavy atom. The molecule has 2 heteroatoms. The first-order valence-electron chi connectivity index (χ1n) is 4.39. The summed E-state index contributed by atoms with van der Waals surface area (Å²) in [4.78, 5) is 0. The van der Waals surface area contributed by atoms with Crippen molar-refractivity contribution in [3.8, 4) is 0 Å². The SMILES string of the molecule is CC(C)CC(C)OCCCS. The van der Waals surface area contributed by atoms with Crippen LogP contribution in [0.2, 0.25) is 0 Å². The van der Waals surface area contributed by atoms with Crippen molar-refractivity contribution in [3.63, 3.8) is 0 Å². The van der Waals surface area contributed by atoms with Crippen LogP contribution in [0.4, 0.5) is 0 Å². The van der Waals surface area contributed by atoms with Gasteiger partial charge in [0.1, 0.15) is 0 Å². The maximum atomic E-state index is 5.54. The molecule has 0 N–H and O–H groups in total. The van der Waals surface area contributed by atoms with E-state index < -0.39 is 0 Å². The second-order valence-electron chi connectivity index (χ2n) is 3.39. The summed E-state index contributed by atoms with van der Waals surface area (Å²) < 4.78 is 5.54. The van der Waals surface area contributed by atoms with Gasteiger partial charge in [0.2, 0.25) is 0 Å². The summed E-state index contributed by atoms with van der Waals surface area (Å²) >= 11 is 4.11. The molecule has 0 aliphatic heterocycles. The number of hydrogen-bond acceptors (Lipinski definition) is 2. The average molecular weight is 176 g/mol. The third kappa shape index (κ3) is 8.21. The van der Waals surface area contributed by atoms with Crippen molar-refractivity contribution in [2.75, 3.05) is 12.4 Å². The number of hydrogen-bond donors (Lipinski definition) is 1. The summed E-state index contributed by atoms with van der Waals surface area (Å²) in [6.45, 7) is 7.44. The largest absolute Gasteiger partial charge is 0.378 e. The first kappa shape index (κ1) is 11.3. The van der Waals surface area contributed by atoms with Crippen LogP contribution in [0, 0.1) is 5.92 Å². The summed E-state index contributed by atoms with van der Waals surface area (Å²) in [5, 5.41) is 0. The molecule has 1 atom stereocenters. The van der Waals surface area contributed by atoms with Crippen molar-refractivity contribution in [2.45, 2.75) is 39.7 Å². The van der Waals surface area contributed by atoms with Crippen LogP contribution in [-0.2, 0) is 4.74 Å². The Morgan fingerprint density at radius 1 is 1.27 bits per heavy atom. The summed E-state index contributed by atoms with van der Waals surface area (Å²) in [5.74, 6) is 1.66. The molecule has 0 amide bonds. The molecule has 0 bridgehead atoms. The Balaban J connectivity index is 3.15. The summed E-state index contributed by atoms with van der Waals surface area (Å²) in [7, 11) is 0. The quantitative estimate of drug-likeness (QED) is 0.483. The van der Waals surface area contributed by atoms with E-state index in [1.807, 2.05) is 0 Å². The molecule has 0 spiro atoms. The Kier molecular flexibility index (Phi) is 7.18. The lowest BCUT2D eigenvalue weighted by Gasteiger charge is -2.14. The Hall–Kier alpha value is 0.310. The normalized spacial score (nSPS) is 13.9. The van der Waals surface area contributed by atoms with Gasteiger partial charge in [-0.25, -0.2) is 0 Å². The van der Waals surface area contributed by atoms with E-state index in [0.29, 0.717) is 6.10 Å².